The molecule has 1 atom stereocenters. The zero-order valence-electron chi connectivity index (χ0n) is 20.8. The molecular weight excluding hydrogens is 490 g/mol. The van der Waals surface area contributed by atoms with Gasteiger partial charge in [0.05, 0.1) is 16.6 Å². The first-order valence-corrected chi connectivity index (χ1v) is 13.2. The van der Waals surface area contributed by atoms with Crippen molar-refractivity contribution in [3.8, 4) is 0 Å². The molecule has 2 amide bonds. The van der Waals surface area contributed by atoms with Crippen LogP contribution in [0, 0.1) is 0 Å². The highest BCUT2D eigenvalue weighted by molar-refractivity contribution is 7.89. The molecule has 0 saturated heterocycles. The van der Waals surface area contributed by atoms with Crippen molar-refractivity contribution in [2.24, 2.45) is 0 Å². The zero-order valence-corrected chi connectivity index (χ0v) is 21.6. The van der Waals surface area contributed by atoms with Crippen LogP contribution in [0.15, 0.2) is 83.9 Å². The van der Waals surface area contributed by atoms with Crippen LogP contribution in [0.5, 0.6) is 0 Å². The van der Waals surface area contributed by atoms with Crippen molar-refractivity contribution >= 4 is 38.4 Å². The number of fused-ring (bicyclic) bond motifs is 1. The minimum absolute atomic E-state index is 0.0868. The molecule has 3 aromatic carbocycles. The predicted octanol–water partition coefficient (Wildman–Crippen LogP) is 3.62. The maximum Gasteiger partial charge on any atom is 0.252 e. The van der Waals surface area contributed by atoms with Gasteiger partial charge < -0.3 is 10.6 Å². The lowest BCUT2D eigenvalue weighted by molar-refractivity contribution is -0.118. The highest BCUT2D eigenvalue weighted by Gasteiger charge is 2.24. The quantitative estimate of drug-likeness (QED) is 0.282. The fourth-order valence-electron chi connectivity index (χ4n) is 3.79. The Morgan fingerprint density at radius 1 is 0.973 bits per heavy atom. The lowest BCUT2D eigenvalue weighted by Gasteiger charge is -2.21. The van der Waals surface area contributed by atoms with E-state index in [1.165, 1.54) is 24.3 Å². The Labute approximate surface area is 215 Å². The fraction of sp³-hybridized carbons (Fsp3) is 0.222. The first-order chi connectivity index (χ1) is 17.5. The summed E-state index contributed by atoms with van der Waals surface area (Å²) in [7, 11) is -3.70. The molecule has 37 heavy (non-hydrogen) atoms. The summed E-state index contributed by atoms with van der Waals surface area (Å²) >= 11 is 0. The van der Waals surface area contributed by atoms with Crippen LogP contribution < -0.4 is 15.4 Å². The summed E-state index contributed by atoms with van der Waals surface area (Å²) < 4.78 is 27.7. The molecule has 0 spiro atoms. The van der Waals surface area contributed by atoms with Gasteiger partial charge in [-0.25, -0.2) is 13.1 Å². The highest BCUT2D eigenvalue weighted by Crippen LogP contribution is 2.18. The number of carbonyl (C=O) groups excluding carboxylic acids is 2. The monoisotopic (exact) mass is 519 g/mol. The van der Waals surface area contributed by atoms with Crippen LogP contribution in [0.2, 0.25) is 0 Å². The number of sulfonamides is 1. The van der Waals surface area contributed by atoms with Gasteiger partial charge in [0.1, 0.15) is 6.04 Å². The van der Waals surface area contributed by atoms with E-state index in [-0.39, 0.29) is 11.3 Å². The minimum atomic E-state index is -3.70. The van der Waals surface area contributed by atoms with Crippen LogP contribution in [0.1, 0.15) is 36.7 Å². The maximum absolute atomic E-state index is 13.3. The topological polar surface area (TPSA) is 133 Å². The molecule has 0 unspecified atom stereocenters. The van der Waals surface area contributed by atoms with Gasteiger partial charge in [-0.3, -0.25) is 14.7 Å². The van der Waals surface area contributed by atoms with Crippen LogP contribution in [0.4, 0.5) is 5.69 Å². The number of aromatic nitrogens is 2. The van der Waals surface area contributed by atoms with Crippen molar-refractivity contribution in [3.05, 3.63) is 90.1 Å². The number of hydrogen-bond acceptors (Lipinski definition) is 5. The molecule has 10 heteroatoms. The van der Waals surface area contributed by atoms with E-state index >= 15 is 0 Å². The van der Waals surface area contributed by atoms with E-state index in [1.54, 1.807) is 45.2 Å². The summed E-state index contributed by atoms with van der Waals surface area (Å²) in [6, 6.07) is 19.5. The number of H-pyrrole nitrogens is 1. The molecule has 0 aliphatic carbocycles. The van der Waals surface area contributed by atoms with E-state index in [9.17, 15) is 18.0 Å². The minimum Gasteiger partial charge on any atom is -0.340 e. The molecule has 0 radical (unpaired) electrons. The molecule has 192 valence electrons. The summed E-state index contributed by atoms with van der Waals surface area (Å²) in [5, 5.41) is 13.3. The van der Waals surface area contributed by atoms with Crippen molar-refractivity contribution < 1.29 is 18.0 Å². The zero-order chi connectivity index (χ0) is 26.6. The largest absolute Gasteiger partial charge is 0.340 e. The number of nitrogens with zero attached hydrogens (tertiary/aromatic N) is 1. The van der Waals surface area contributed by atoms with E-state index in [0.29, 0.717) is 16.8 Å². The van der Waals surface area contributed by atoms with Crippen LogP contribution in [0.25, 0.3) is 10.9 Å². The number of nitrogens with one attached hydrogen (secondary N) is 4. The van der Waals surface area contributed by atoms with Gasteiger partial charge in [-0.2, -0.15) is 5.10 Å². The van der Waals surface area contributed by atoms with Crippen molar-refractivity contribution in [3.63, 3.8) is 0 Å². The van der Waals surface area contributed by atoms with E-state index in [4.69, 9.17) is 0 Å². The lowest BCUT2D eigenvalue weighted by atomic mass is 10.0. The summed E-state index contributed by atoms with van der Waals surface area (Å²) in [6.45, 7) is 5.27. The average molecular weight is 520 g/mol. The Balaban J connectivity index is 1.51. The van der Waals surface area contributed by atoms with Gasteiger partial charge in [-0.15, -0.1) is 0 Å². The molecule has 1 aromatic heterocycles. The van der Waals surface area contributed by atoms with E-state index in [1.807, 2.05) is 30.3 Å². The Morgan fingerprint density at radius 3 is 2.35 bits per heavy atom. The fourth-order valence-corrected chi connectivity index (χ4v) is 5.21. The van der Waals surface area contributed by atoms with Crippen LogP contribution in [0.3, 0.4) is 0 Å². The lowest BCUT2D eigenvalue weighted by Crippen LogP contribution is -2.45. The first kappa shape index (κ1) is 26.1. The standard InChI is InChI=1S/C27H29N5O4S/c1-27(2,3)32-37(35,36)22-13-11-21(12-14-22)29-26(34)24(15-18-7-5-4-6-8-18)30-25(33)19-9-10-20-17-28-31-23(20)16-19/h4-14,16-17,24,32H,15H2,1-3H3,(H,28,31)(H,29,34)(H,30,33)/t24-/m0/s1. The second-order valence-electron chi connectivity index (χ2n) is 9.76. The number of amides is 2. The van der Waals surface area contributed by atoms with Crippen LogP contribution in [-0.4, -0.2) is 42.0 Å². The summed E-state index contributed by atoms with van der Waals surface area (Å²) in [4.78, 5) is 26.4. The molecule has 9 nitrogen and oxygen atoms in total. The van der Waals surface area contributed by atoms with Crippen molar-refractivity contribution in [1.29, 1.82) is 0 Å². The maximum atomic E-state index is 13.3. The molecule has 1 heterocycles. The second-order valence-corrected chi connectivity index (χ2v) is 11.4. The van der Waals surface area contributed by atoms with Crippen LogP contribution in [-0.2, 0) is 21.2 Å². The molecule has 0 aliphatic rings. The Bertz CT molecular complexity index is 1510. The number of benzene rings is 3. The van der Waals surface area contributed by atoms with E-state index in [2.05, 4.69) is 25.6 Å². The molecule has 4 rings (SSSR count). The van der Waals surface area contributed by atoms with Crippen molar-refractivity contribution in [1.82, 2.24) is 20.2 Å². The van der Waals surface area contributed by atoms with Gasteiger partial charge in [-0.1, -0.05) is 36.4 Å². The highest BCUT2D eigenvalue weighted by atomic mass is 32.2. The second kappa shape index (κ2) is 10.5. The van der Waals surface area contributed by atoms with E-state index in [0.717, 1.165) is 10.9 Å². The Morgan fingerprint density at radius 2 is 1.68 bits per heavy atom. The number of hydrogen-bond donors (Lipinski definition) is 4. The third-order valence-corrected chi connectivity index (χ3v) is 7.26. The third kappa shape index (κ3) is 6.81. The molecule has 0 aliphatic heterocycles. The molecule has 0 bridgehead atoms. The summed E-state index contributed by atoms with van der Waals surface area (Å²) in [5.74, 6) is -0.828. The van der Waals surface area contributed by atoms with Gasteiger partial charge in [-0.05, 0) is 62.7 Å². The Kier molecular flexibility index (Phi) is 7.42. The van der Waals surface area contributed by atoms with Crippen LogP contribution >= 0.6 is 0 Å². The normalized spacial score (nSPS) is 12.7. The number of anilines is 1. The SMILES string of the molecule is CC(C)(C)NS(=O)(=O)c1ccc(NC(=O)[C@H](Cc2ccccc2)NC(=O)c2ccc3cn[nH]c3c2)cc1. The van der Waals surface area contributed by atoms with E-state index < -0.39 is 33.4 Å². The number of aromatic amines is 1. The van der Waals surface area contributed by atoms with Gasteiger partial charge in [0.25, 0.3) is 5.91 Å². The molecule has 0 saturated carbocycles. The molecular formula is C27H29N5O4S. The molecule has 0 fully saturated rings. The summed E-state index contributed by atoms with van der Waals surface area (Å²) in [5.41, 5.74) is 1.76. The van der Waals surface area contributed by atoms with Gasteiger partial charge in [0.15, 0.2) is 0 Å². The third-order valence-electron chi connectivity index (χ3n) is 5.48. The van der Waals surface area contributed by atoms with Crippen molar-refractivity contribution in [2.45, 2.75) is 43.7 Å². The van der Waals surface area contributed by atoms with Gasteiger partial charge in [0, 0.05) is 28.6 Å². The Hall–Kier alpha value is -4.02. The average Bonchev–Trinajstić information content (AvgIpc) is 3.31. The smallest absolute Gasteiger partial charge is 0.252 e. The molecule has 4 aromatic rings. The number of rotatable bonds is 8. The predicted molar refractivity (Wildman–Crippen MR) is 143 cm³/mol. The van der Waals surface area contributed by atoms with Gasteiger partial charge >= 0.3 is 0 Å². The van der Waals surface area contributed by atoms with Gasteiger partial charge in [0.2, 0.25) is 15.9 Å². The summed E-state index contributed by atoms with van der Waals surface area (Å²) in [6.07, 6.45) is 1.94. The number of carbonyl (C=O) groups is 2. The van der Waals surface area contributed by atoms with Crippen molar-refractivity contribution in [2.75, 3.05) is 5.32 Å². The first-order valence-electron chi connectivity index (χ1n) is 11.7. The molecule has 4 N–H and O–H groups in total.